The maximum atomic E-state index is 10.9. The number of anilines is 2. The van der Waals surface area contributed by atoms with Gasteiger partial charge in [0.2, 0.25) is 5.91 Å². The normalized spacial score (nSPS) is 11.1. The van der Waals surface area contributed by atoms with Crippen molar-refractivity contribution in [2.75, 3.05) is 11.1 Å². The SMILES string of the molecule is CC(C)(C)Nc1ccc(C(N)=O)cc1N. The second-order valence-electron chi connectivity index (χ2n) is 4.54. The zero-order valence-electron chi connectivity index (χ0n) is 9.29. The molecule has 0 radical (unpaired) electrons. The van der Waals surface area contributed by atoms with Crippen molar-refractivity contribution in [3.05, 3.63) is 23.8 Å². The fraction of sp³-hybridized carbons (Fsp3) is 0.364. The first-order valence-electron chi connectivity index (χ1n) is 4.77. The molecule has 0 saturated heterocycles. The highest BCUT2D eigenvalue weighted by Gasteiger charge is 2.12. The van der Waals surface area contributed by atoms with Crippen molar-refractivity contribution in [1.29, 1.82) is 0 Å². The molecule has 4 heteroatoms. The topological polar surface area (TPSA) is 81.1 Å². The summed E-state index contributed by atoms with van der Waals surface area (Å²) >= 11 is 0. The summed E-state index contributed by atoms with van der Waals surface area (Å²) in [5, 5.41) is 3.24. The highest BCUT2D eigenvalue weighted by atomic mass is 16.1. The van der Waals surface area contributed by atoms with Crippen molar-refractivity contribution in [1.82, 2.24) is 0 Å². The quantitative estimate of drug-likeness (QED) is 0.644. The molecule has 1 amide bonds. The summed E-state index contributed by atoms with van der Waals surface area (Å²) in [6.07, 6.45) is 0. The third-order valence-electron chi connectivity index (χ3n) is 1.85. The molecule has 0 aromatic heterocycles. The van der Waals surface area contributed by atoms with Gasteiger partial charge < -0.3 is 16.8 Å². The molecule has 0 aliphatic rings. The van der Waals surface area contributed by atoms with Crippen molar-refractivity contribution in [3.8, 4) is 0 Å². The maximum Gasteiger partial charge on any atom is 0.248 e. The van der Waals surface area contributed by atoms with Crippen LogP contribution < -0.4 is 16.8 Å². The van der Waals surface area contributed by atoms with Crippen LogP contribution >= 0.6 is 0 Å². The number of nitrogen functional groups attached to an aromatic ring is 1. The van der Waals surface area contributed by atoms with Gasteiger partial charge in [0.1, 0.15) is 0 Å². The number of nitrogens with one attached hydrogen (secondary N) is 1. The number of nitrogens with two attached hydrogens (primary N) is 2. The summed E-state index contributed by atoms with van der Waals surface area (Å²) in [4.78, 5) is 10.9. The van der Waals surface area contributed by atoms with E-state index in [0.717, 1.165) is 5.69 Å². The highest BCUT2D eigenvalue weighted by molar-refractivity contribution is 5.94. The Hall–Kier alpha value is -1.71. The lowest BCUT2D eigenvalue weighted by atomic mass is 10.1. The van der Waals surface area contributed by atoms with E-state index >= 15 is 0 Å². The van der Waals surface area contributed by atoms with Crippen LogP contribution in [0.3, 0.4) is 0 Å². The first kappa shape index (κ1) is 11.4. The van der Waals surface area contributed by atoms with Crippen LogP contribution in [0.25, 0.3) is 0 Å². The van der Waals surface area contributed by atoms with Crippen molar-refractivity contribution in [2.45, 2.75) is 26.3 Å². The summed E-state index contributed by atoms with van der Waals surface area (Å²) in [6.45, 7) is 6.11. The molecule has 1 aromatic carbocycles. The number of hydrogen-bond donors (Lipinski definition) is 3. The van der Waals surface area contributed by atoms with E-state index in [0.29, 0.717) is 11.3 Å². The van der Waals surface area contributed by atoms with Gasteiger partial charge in [-0.2, -0.15) is 0 Å². The molecule has 0 heterocycles. The van der Waals surface area contributed by atoms with Gasteiger partial charge in [-0.25, -0.2) is 0 Å². The van der Waals surface area contributed by atoms with E-state index in [2.05, 4.69) is 5.32 Å². The van der Waals surface area contributed by atoms with E-state index in [1.54, 1.807) is 18.2 Å². The average Bonchev–Trinajstić information content (AvgIpc) is 2.05. The number of carbonyl (C=O) groups is 1. The first-order chi connectivity index (χ1) is 6.79. The summed E-state index contributed by atoms with van der Waals surface area (Å²) in [6, 6.07) is 5.00. The van der Waals surface area contributed by atoms with Gasteiger partial charge in [0.25, 0.3) is 0 Å². The molecule has 0 bridgehead atoms. The standard InChI is InChI=1S/C11H17N3O/c1-11(2,3)14-9-5-4-7(10(13)15)6-8(9)12/h4-6,14H,12H2,1-3H3,(H2,13,15). The molecule has 0 atom stereocenters. The molecular formula is C11H17N3O. The smallest absolute Gasteiger partial charge is 0.248 e. The van der Waals surface area contributed by atoms with Crippen LogP contribution in [0.5, 0.6) is 0 Å². The Morgan fingerprint density at radius 1 is 1.33 bits per heavy atom. The minimum Gasteiger partial charge on any atom is -0.397 e. The van der Waals surface area contributed by atoms with Crippen LogP contribution in [-0.2, 0) is 0 Å². The maximum absolute atomic E-state index is 10.9. The van der Waals surface area contributed by atoms with E-state index in [-0.39, 0.29) is 5.54 Å². The molecule has 0 unspecified atom stereocenters. The molecule has 5 N–H and O–H groups in total. The molecule has 1 rings (SSSR count). The lowest BCUT2D eigenvalue weighted by molar-refractivity contribution is 0.100. The lowest BCUT2D eigenvalue weighted by Crippen LogP contribution is -2.26. The first-order valence-corrected chi connectivity index (χ1v) is 4.77. The number of primary amides is 1. The number of rotatable bonds is 2. The van der Waals surface area contributed by atoms with Gasteiger partial charge >= 0.3 is 0 Å². The van der Waals surface area contributed by atoms with Crippen molar-refractivity contribution in [3.63, 3.8) is 0 Å². The van der Waals surface area contributed by atoms with E-state index in [9.17, 15) is 4.79 Å². The Morgan fingerprint density at radius 2 is 1.93 bits per heavy atom. The second-order valence-corrected chi connectivity index (χ2v) is 4.54. The second kappa shape index (κ2) is 3.81. The third kappa shape index (κ3) is 3.16. The minimum absolute atomic E-state index is 0.0671. The molecular weight excluding hydrogens is 190 g/mol. The van der Waals surface area contributed by atoms with E-state index in [1.807, 2.05) is 20.8 Å². The number of benzene rings is 1. The lowest BCUT2D eigenvalue weighted by Gasteiger charge is -2.23. The van der Waals surface area contributed by atoms with Crippen LogP contribution in [0.4, 0.5) is 11.4 Å². The van der Waals surface area contributed by atoms with Gasteiger partial charge in [0, 0.05) is 11.1 Å². The molecule has 15 heavy (non-hydrogen) atoms. The Kier molecular flexibility index (Phi) is 2.88. The minimum atomic E-state index is -0.469. The van der Waals surface area contributed by atoms with Crippen molar-refractivity contribution < 1.29 is 4.79 Å². The van der Waals surface area contributed by atoms with E-state index in [4.69, 9.17) is 11.5 Å². The Morgan fingerprint density at radius 3 is 2.33 bits per heavy atom. The molecule has 82 valence electrons. The van der Waals surface area contributed by atoms with Crippen LogP contribution in [0, 0.1) is 0 Å². The Labute approximate surface area is 89.6 Å². The van der Waals surface area contributed by atoms with E-state index < -0.39 is 5.91 Å². The summed E-state index contributed by atoms with van der Waals surface area (Å²) < 4.78 is 0. The third-order valence-corrected chi connectivity index (χ3v) is 1.85. The van der Waals surface area contributed by atoms with Crippen LogP contribution in [0.15, 0.2) is 18.2 Å². The molecule has 0 aliphatic carbocycles. The number of amides is 1. The number of hydrogen-bond acceptors (Lipinski definition) is 3. The zero-order chi connectivity index (χ0) is 11.6. The van der Waals surface area contributed by atoms with Gasteiger partial charge in [-0.1, -0.05) is 0 Å². The van der Waals surface area contributed by atoms with E-state index in [1.165, 1.54) is 0 Å². The van der Waals surface area contributed by atoms with Crippen molar-refractivity contribution in [2.24, 2.45) is 5.73 Å². The number of carbonyl (C=O) groups excluding carboxylic acids is 1. The fourth-order valence-electron chi connectivity index (χ4n) is 1.23. The van der Waals surface area contributed by atoms with Gasteiger partial charge in [-0.3, -0.25) is 4.79 Å². The summed E-state index contributed by atoms with van der Waals surface area (Å²) in [5.74, 6) is -0.469. The molecule has 4 nitrogen and oxygen atoms in total. The predicted octanol–water partition coefficient (Wildman–Crippen LogP) is 1.58. The molecule has 0 aliphatic heterocycles. The van der Waals surface area contributed by atoms with Gasteiger partial charge in [0.15, 0.2) is 0 Å². The molecule has 0 saturated carbocycles. The van der Waals surface area contributed by atoms with Gasteiger partial charge in [0.05, 0.1) is 11.4 Å². The largest absolute Gasteiger partial charge is 0.397 e. The van der Waals surface area contributed by atoms with Gasteiger partial charge in [-0.15, -0.1) is 0 Å². The molecule has 0 fully saturated rings. The van der Waals surface area contributed by atoms with Crippen LogP contribution in [0.2, 0.25) is 0 Å². The molecule has 0 spiro atoms. The fourth-order valence-corrected chi connectivity index (χ4v) is 1.23. The molecule has 1 aromatic rings. The Balaban J connectivity index is 2.99. The van der Waals surface area contributed by atoms with Crippen LogP contribution in [-0.4, -0.2) is 11.4 Å². The monoisotopic (exact) mass is 207 g/mol. The van der Waals surface area contributed by atoms with Gasteiger partial charge in [-0.05, 0) is 39.0 Å². The summed E-state index contributed by atoms with van der Waals surface area (Å²) in [5.41, 5.74) is 12.6. The predicted molar refractivity (Wildman–Crippen MR) is 62.7 cm³/mol. The highest BCUT2D eigenvalue weighted by Crippen LogP contribution is 2.23. The zero-order valence-corrected chi connectivity index (χ0v) is 9.29. The van der Waals surface area contributed by atoms with Crippen LogP contribution in [0.1, 0.15) is 31.1 Å². The average molecular weight is 207 g/mol. The van der Waals surface area contributed by atoms with Crippen molar-refractivity contribution >= 4 is 17.3 Å². The summed E-state index contributed by atoms with van der Waals surface area (Å²) in [7, 11) is 0. The Bertz CT molecular complexity index is 380.